The van der Waals surface area contributed by atoms with Gasteiger partial charge < -0.3 is 9.72 Å². The SMILES string of the molecule is COC(=O)c1nc2c(Cl)c([N+](=O)[O-])ccc2[nH]1. The number of fused-ring (bicyclic) bond motifs is 1. The number of imidazole rings is 1. The summed E-state index contributed by atoms with van der Waals surface area (Å²) in [6.45, 7) is 0. The van der Waals surface area contributed by atoms with E-state index in [9.17, 15) is 14.9 Å². The molecule has 0 aliphatic heterocycles. The summed E-state index contributed by atoms with van der Waals surface area (Å²) in [5.74, 6) is -0.718. The highest BCUT2D eigenvalue weighted by Crippen LogP contribution is 2.31. The Morgan fingerprint density at radius 3 is 2.88 bits per heavy atom. The second kappa shape index (κ2) is 4.02. The van der Waals surface area contributed by atoms with E-state index < -0.39 is 10.9 Å². The minimum atomic E-state index is -0.667. The Morgan fingerprint density at radius 2 is 2.29 bits per heavy atom. The summed E-state index contributed by atoms with van der Waals surface area (Å²) in [6.07, 6.45) is 0. The van der Waals surface area contributed by atoms with E-state index in [-0.39, 0.29) is 22.1 Å². The third-order valence-electron chi connectivity index (χ3n) is 2.15. The van der Waals surface area contributed by atoms with E-state index >= 15 is 0 Å². The summed E-state index contributed by atoms with van der Waals surface area (Å²) >= 11 is 5.82. The van der Waals surface area contributed by atoms with Crippen LogP contribution in [0, 0.1) is 10.1 Å². The third-order valence-corrected chi connectivity index (χ3v) is 2.52. The van der Waals surface area contributed by atoms with Crippen molar-refractivity contribution in [2.45, 2.75) is 0 Å². The average molecular weight is 256 g/mol. The fourth-order valence-electron chi connectivity index (χ4n) is 1.37. The quantitative estimate of drug-likeness (QED) is 0.502. The first kappa shape index (κ1) is 11.3. The van der Waals surface area contributed by atoms with Gasteiger partial charge >= 0.3 is 5.97 Å². The molecule has 7 nitrogen and oxygen atoms in total. The van der Waals surface area contributed by atoms with Crippen LogP contribution in [-0.4, -0.2) is 28.0 Å². The molecule has 88 valence electrons. The van der Waals surface area contributed by atoms with Crippen LogP contribution < -0.4 is 0 Å². The van der Waals surface area contributed by atoms with Gasteiger partial charge in [0.1, 0.15) is 10.5 Å². The number of nitrogens with zero attached hydrogens (tertiary/aromatic N) is 2. The molecule has 0 bridgehead atoms. The molecule has 17 heavy (non-hydrogen) atoms. The predicted molar refractivity (Wildman–Crippen MR) is 59.1 cm³/mol. The molecule has 0 aliphatic carbocycles. The fourth-order valence-corrected chi connectivity index (χ4v) is 1.64. The number of carbonyl (C=O) groups is 1. The molecule has 0 spiro atoms. The highest BCUT2D eigenvalue weighted by atomic mass is 35.5. The van der Waals surface area contributed by atoms with Gasteiger partial charge in [0, 0.05) is 6.07 Å². The van der Waals surface area contributed by atoms with Gasteiger partial charge in [-0.1, -0.05) is 11.6 Å². The van der Waals surface area contributed by atoms with E-state index in [0.717, 1.165) is 0 Å². The number of ether oxygens (including phenoxy) is 1. The number of H-pyrrole nitrogens is 1. The van der Waals surface area contributed by atoms with Gasteiger partial charge in [-0.15, -0.1) is 0 Å². The molecule has 0 saturated carbocycles. The number of halogens is 1. The molecule has 1 aromatic carbocycles. The summed E-state index contributed by atoms with van der Waals surface area (Å²) < 4.78 is 4.47. The number of hydrogen-bond acceptors (Lipinski definition) is 5. The van der Waals surface area contributed by atoms with Crippen LogP contribution >= 0.6 is 11.6 Å². The lowest BCUT2D eigenvalue weighted by molar-refractivity contribution is -0.384. The first-order chi connectivity index (χ1) is 8.04. The van der Waals surface area contributed by atoms with Crippen LogP contribution in [0.1, 0.15) is 10.6 Å². The van der Waals surface area contributed by atoms with E-state index in [1.165, 1.54) is 19.2 Å². The molecule has 0 atom stereocenters. The molecule has 0 unspecified atom stereocenters. The number of carbonyl (C=O) groups excluding carboxylic acids is 1. The zero-order valence-corrected chi connectivity index (χ0v) is 9.32. The van der Waals surface area contributed by atoms with Crippen molar-refractivity contribution in [1.29, 1.82) is 0 Å². The minimum Gasteiger partial charge on any atom is -0.463 e. The average Bonchev–Trinajstić information content (AvgIpc) is 2.72. The van der Waals surface area contributed by atoms with Crippen molar-refractivity contribution >= 4 is 34.3 Å². The molecular weight excluding hydrogens is 250 g/mol. The van der Waals surface area contributed by atoms with Gasteiger partial charge in [0.2, 0.25) is 5.82 Å². The zero-order valence-electron chi connectivity index (χ0n) is 8.56. The summed E-state index contributed by atoms with van der Waals surface area (Å²) in [5.41, 5.74) is 0.337. The molecule has 0 aliphatic rings. The largest absolute Gasteiger partial charge is 0.463 e. The van der Waals surface area contributed by atoms with Crippen molar-refractivity contribution in [3.8, 4) is 0 Å². The Kier molecular flexibility index (Phi) is 2.68. The van der Waals surface area contributed by atoms with Crippen LogP contribution in [0.5, 0.6) is 0 Å². The van der Waals surface area contributed by atoms with E-state index in [1.807, 2.05) is 0 Å². The number of methoxy groups -OCH3 is 1. The van der Waals surface area contributed by atoms with Crippen LogP contribution in [0.3, 0.4) is 0 Å². The van der Waals surface area contributed by atoms with Crippen molar-refractivity contribution in [3.63, 3.8) is 0 Å². The topological polar surface area (TPSA) is 98.1 Å². The second-order valence-electron chi connectivity index (χ2n) is 3.13. The summed E-state index contributed by atoms with van der Waals surface area (Å²) in [7, 11) is 1.21. The minimum absolute atomic E-state index is 0.0510. The van der Waals surface area contributed by atoms with Crippen LogP contribution in [0.4, 0.5) is 5.69 Å². The van der Waals surface area contributed by atoms with Gasteiger partial charge in [0.05, 0.1) is 17.5 Å². The van der Waals surface area contributed by atoms with Crippen LogP contribution in [0.25, 0.3) is 11.0 Å². The van der Waals surface area contributed by atoms with Crippen molar-refractivity contribution in [1.82, 2.24) is 9.97 Å². The molecule has 0 radical (unpaired) electrons. The lowest BCUT2D eigenvalue weighted by Crippen LogP contribution is -2.02. The summed E-state index contributed by atoms with van der Waals surface area (Å²) in [5, 5.41) is 10.5. The Balaban J connectivity index is 2.66. The lowest BCUT2D eigenvalue weighted by atomic mass is 10.3. The standard InChI is InChI=1S/C9H6ClN3O4/c1-17-9(14)8-11-4-2-3-5(13(15)16)6(10)7(4)12-8/h2-3H,1H3,(H,11,12). The molecule has 2 rings (SSSR count). The van der Waals surface area contributed by atoms with Gasteiger partial charge in [-0.3, -0.25) is 10.1 Å². The van der Waals surface area contributed by atoms with E-state index in [4.69, 9.17) is 11.6 Å². The molecule has 1 N–H and O–H groups in total. The maximum Gasteiger partial charge on any atom is 0.374 e. The van der Waals surface area contributed by atoms with Crippen molar-refractivity contribution < 1.29 is 14.5 Å². The first-order valence-corrected chi connectivity index (χ1v) is 4.83. The number of esters is 1. The third kappa shape index (κ3) is 1.80. The van der Waals surface area contributed by atoms with Gasteiger partial charge in [-0.05, 0) is 6.07 Å². The molecule has 8 heteroatoms. The predicted octanol–water partition coefficient (Wildman–Crippen LogP) is 1.91. The second-order valence-corrected chi connectivity index (χ2v) is 3.51. The number of aromatic amines is 1. The van der Waals surface area contributed by atoms with Gasteiger partial charge in [0.25, 0.3) is 5.69 Å². The molecule has 0 fully saturated rings. The van der Waals surface area contributed by atoms with E-state index in [2.05, 4.69) is 14.7 Å². The van der Waals surface area contributed by atoms with Crippen LogP contribution in [0.2, 0.25) is 5.02 Å². The molecule has 1 heterocycles. The monoisotopic (exact) mass is 255 g/mol. The number of nitrogens with one attached hydrogen (secondary N) is 1. The number of rotatable bonds is 2. The van der Waals surface area contributed by atoms with Crippen LogP contribution in [0.15, 0.2) is 12.1 Å². The number of nitro groups is 1. The number of aromatic nitrogens is 2. The Morgan fingerprint density at radius 1 is 1.59 bits per heavy atom. The highest BCUT2D eigenvalue weighted by Gasteiger charge is 2.20. The Labute approximate surface area is 99.5 Å². The van der Waals surface area contributed by atoms with Crippen molar-refractivity contribution in [2.75, 3.05) is 7.11 Å². The Hall–Kier alpha value is -2.15. The fraction of sp³-hybridized carbons (Fsp3) is 0.111. The zero-order chi connectivity index (χ0) is 12.6. The summed E-state index contributed by atoms with van der Waals surface area (Å²) in [6, 6.07) is 2.67. The lowest BCUT2D eigenvalue weighted by Gasteiger charge is -1.94. The van der Waals surface area contributed by atoms with Crippen LogP contribution in [-0.2, 0) is 4.74 Å². The molecule has 0 amide bonds. The highest BCUT2D eigenvalue weighted by molar-refractivity contribution is 6.37. The maximum absolute atomic E-state index is 11.2. The normalized spacial score (nSPS) is 10.5. The molecule has 1 aromatic heterocycles. The van der Waals surface area contributed by atoms with E-state index in [1.54, 1.807) is 0 Å². The number of nitro benzene ring substituents is 1. The van der Waals surface area contributed by atoms with Crippen molar-refractivity contribution in [3.05, 3.63) is 33.1 Å². The van der Waals surface area contributed by atoms with Gasteiger partial charge in [-0.25, -0.2) is 9.78 Å². The smallest absolute Gasteiger partial charge is 0.374 e. The van der Waals surface area contributed by atoms with Crippen molar-refractivity contribution in [2.24, 2.45) is 0 Å². The van der Waals surface area contributed by atoms with Gasteiger partial charge in [-0.2, -0.15) is 0 Å². The number of benzene rings is 1. The maximum atomic E-state index is 11.2. The Bertz CT molecular complexity index is 622. The molecule has 0 saturated heterocycles. The molecular formula is C9H6ClN3O4. The van der Waals surface area contributed by atoms with E-state index in [0.29, 0.717) is 5.52 Å². The summed E-state index contributed by atoms with van der Waals surface area (Å²) in [4.78, 5) is 27.8. The number of hydrogen-bond donors (Lipinski definition) is 1. The molecule has 2 aromatic rings. The van der Waals surface area contributed by atoms with Gasteiger partial charge in [0.15, 0.2) is 0 Å². The first-order valence-electron chi connectivity index (χ1n) is 4.45.